The summed E-state index contributed by atoms with van der Waals surface area (Å²) < 4.78 is 1.92. The molecule has 0 spiro atoms. The Bertz CT molecular complexity index is 520. The minimum atomic E-state index is 0.759. The van der Waals surface area contributed by atoms with Crippen molar-refractivity contribution in [3.63, 3.8) is 0 Å². The van der Waals surface area contributed by atoms with E-state index >= 15 is 0 Å². The van der Waals surface area contributed by atoms with Gasteiger partial charge in [-0.05, 0) is 36.7 Å². The number of aryl methyl sites for hydroxylation is 1. The van der Waals surface area contributed by atoms with Crippen molar-refractivity contribution < 1.29 is 0 Å². The Morgan fingerprint density at radius 2 is 2.17 bits per heavy atom. The Morgan fingerprint density at radius 3 is 2.83 bits per heavy atom. The topological polar surface area (TPSA) is 29.9 Å². The van der Waals surface area contributed by atoms with E-state index in [0.29, 0.717) is 0 Å². The minimum absolute atomic E-state index is 0.759. The predicted octanol–water partition coefficient (Wildman–Crippen LogP) is 3.33. The van der Waals surface area contributed by atoms with E-state index in [1.807, 2.05) is 23.0 Å². The van der Waals surface area contributed by atoms with Crippen molar-refractivity contribution in [2.24, 2.45) is 0 Å². The number of hydrogen-bond donors (Lipinski definition) is 1. The lowest BCUT2D eigenvalue weighted by atomic mass is 10.0. The van der Waals surface area contributed by atoms with Crippen LogP contribution in [0.15, 0.2) is 30.6 Å². The number of hydrogen-bond acceptors (Lipinski definition) is 2. The van der Waals surface area contributed by atoms with Gasteiger partial charge in [0.2, 0.25) is 0 Å². The maximum Gasteiger partial charge on any atom is 0.0568 e. The van der Waals surface area contributed by atoms with E-state index in [1.54, 1.807) is 0 Å². The first kappa shape index (κ1) is 13.1. The number of rotatable bonds is 5. The lowest BCUT2D eigenvalue weighted by Gasteiger charge is -2.09. The van der Waals surface area contributed by atoms with Crippen LogP contribution in [0, 0.1) is 0 Å². The summed E-state index contributed by atoms with van der Waals surface area (Å²) in [5.74, 6) is 0. The molecule has 0 radical (unpaired) electrons. The number of nitrogens with one attached hydrogen (secondary N) is 1. The highest BCUT2D eigenvalue weighted by atomic mass is 35.5. The smallest absolute Gasteiger partial charge is 0.0568 e. The molecule has 0 bridgehead atoms. The van der Waals surface area contributed by atoms with Crippen LogP contribution in [0.25, 0.3) is 11.1 Å². The quantitative estimate of drug-likeness (QED) is 0.897. The Morgan fingerprint density at radius 1 is 1.33 bits per heavy atom. The summed E-state index contributed by atoms with van der Waals surface area (Å²) in [7, 11) is 0. The van der Waals surface area contributed by atoms with Gasteiger partial charge in [-0.2, -0.15) is 5.10 Å². The Kier molecular flexibility index (Phi) is 4.39. The lowest BCUT2D eigenvalue weighted by molar-refractivity contribution is 0.660. The second kappa shape index (κ2) is 6.03. The molecule has 1 aromatic carbocycles. The van der Waals surface area contributed by atoms with Crippen LogP contribution in [-0.2, 0) is 13.1 Å². The van der Waals surface area contributed by atoms with Crippen molar-refractivity contribution in [3.8, 4) is 11.1 Å². The molecule has 0 atom stereocenters. The average molecular weight is 264 g/mol. The first-order valence-corrected chi connectivity index (χ1v) is 6.64. The number of aromatic nitrogens is 2. The highest BCUT2D eigenvalue weighted by molar-refractivity contribution is 6.30. The number of halogens is 1. The molecule has 0 amide bonds. The van der Waals surface area contributed by atoms with Gasteiger partial charge in [-0.15, -0.1) is 0 Å². The van der Waals surface area contributed by atoms with Crippen molar-refractivity contribution in [2.75, 3.05) is 6.54 Å². The number of nitrogens with zero attached hydrogens (tertiary/aromatic N) is 2. The molecule has 18 heavy (non-hydrogen) atoms. The molecule has 96 valence electrons. The van der Waals surface area contributed by atoms with E-state index in [1.165, 1.54) is 5.56 Å². The van der Waals surface area contributed by atoms with E-state index in [9.17, 15) is 0 Å². The maximum atomic E-state index is 6.09. The highest BCUT2D eigenvalue weighted by Crippen LogP contribution is 2.26. The molecule has 0 fully saturated rings. The lowest BCUT2D eigenvalue weighted by Crippen LogP contribution is -2.12. The summed E-state index contributed by atoms with van der Waals surface area (Å²) in [4.78, 5) is 0. The fourth-order valence-electron chi connectivity index (χ4n) is 1.91. The second-order valence-corrected chi connectivity index (χ2v) is 4.60. The SMILES string of the molecule is CCNCc1ccc(Cl)cc1-c1cnn(CC)c1. The second-order valence-electron chi connectivity index (χ2n) is 4.17. The van der Waals surface area contributed by atoms with Gasteiger partial charge in [0.1, 0.15) is 0 Å². The van der Waals surface area contributed by atoms with E-state index < -0.39 is 0 Å². The Balaban J connectivity index is 2.37. The number of benzene rings is 1. The van der Waals surface area contributed by atoms with Gasteiger partial charge in [0.25, 0.3) is 0 Å². The van der Waals surface area contributed by atoms with Gasteiger partial charge in [0.15, 0.2) is 0 Å². The van der Waals surface area contributed by atoms with E-state index in [4.69, 9.17) is 11.6 Å². The van der Waals surface area contributed by atoms with Crippen LogP contribution >= 0.6 is 11.6 Å². The molecule has 2 aromatic rings. The van der Waals surface area contributed by atoms with Gasteiger partial charge in [-0.25, -0.2) is 0 Å². The zero-order valence-corrected chi connectivity index (χ0v) is 11.5. The standard InChI is InChI=1S/C14H18ClN3/c1-3-16-8-11-5-6-13(15)7-14(11)12-9-17-18(4-2)10-12/h5-7,9-10,16H,3-4,8H2,1-2H3. The molecule has 0 unspecified atom stereocenters. The zero-order chi connectivity index (χ0) is 13.0. The summed E-state index contributed by atoms with van der Waals surface area (Å²) in [6, 6.07) is 6.01. The molecule has 1 N–H and O–H groups in total. The van der Waals surface area contributed by atoms with Gasteiger partial charge >= 0.3 is 0 Å². The van der Waals surface area contributed by atoms with Crippen LogP contribution in [0.2, 0.25) is 5.02 Å². The molecule has 3 nitrogen and oxygen atoms in total. The van der Waals surface area contributed by atoms with Crippen LogP contribution in [0.3, 0.4) is 0 Å². The van der Waals surface area contributed by atoms with Crippen molar-refractivity contribution in [3.05, 3.63) is 41.2 Å². The predicted molar refractivity (Wildman–Crippen MR) is 75.7 cm³/mol. The van der Waals surface area contributed by atoms with Crippen LogP contribution < -0.4 is 5.32 Å². The Labute approximate surface area is 113 Å². The van der Waals surface area contributed by atoms with Crippen molar-refractivity contribution in [1.82, 2.24) is 15.1 Å². The summed E-state index contributed by atoms with van der Waals surface area (Å²) >= 11 is 6.09. The molecule has 0 aliphatic carbocycles. The van der Waals surface area contributed by atoms with Gasteiger partial charge < -0.3 is 5.32 Å². The first-order chi connectivity index (χ1) is 8.74. The summed E-state index contributed by atoms with van der Waals surface area (Å²) in [5, 5.41) is 8.42. The summed E-state index contributed by atoms with van der Waals surface area (Å²) in [6.07, 6.45) is 3.95. The van der Waals surface area contributed by atoms with Gasteiger partial charge in [0, 0.05) is 29.9 Å². The van der Waals surface area contributed by atoms with Gasteiger partial charge in [-0.1, -0.05) is 24.6 Å². The van der Waals surface area contributed by atoms with Crippen LogP contribution in [0.5, 0.6) is 0 Å². The molecule has 0 saturated carbocycles. The monoisotopic (exact) mass is 263 g/mol. The molecule has 0 saturated heterocycles. The molecular weight excluding hydrogens is 246 g/mol. The third-order valence-corrected chi connectivity index (χ3v) is 3.14. The fourth-order valence-corrected chi connectivity index (χ4v) is 2.08. The molecule has 0 aliphatic rings. The fraction of sp³-hybridized carbons (Fsp3) is 0.357. The van der Waals surface area contributed by atoms with E-state index in [2.05, 4.69) is 36.5 Å². The molecule has 1 aromatic heterocycles. The minimum Gasteiger partial charge on any atom is -0.313 e. The maximum absolute atomic E-state index is 6.09. The zero-order valence-electron chi connectivity index (χ0n) is 10.8. The van der Waals surface area contributed by atoms with Crippen molar-refractivity contribution in [1.29, 1.82) is 0 Å². The third-order valence-electron chi connectivity index (χ3n) is 2.91. The van der Waals surface area contributed by atoms with Crippen molar-refractivity contribution >= 4 is 11.6 Å². The molecule has 1 heterocycles. The van der Waals surface area contributed by atoms with Crippen LogP contribution in [0.1, 0.15) is 19.4 Å². The Hall–Kier alpha value is -1.32. The average Bonchev–Trinajstić information content (AvgIpc) is 2.86. The normalized spacial score (nSPS) is 10.8. The van der Waals surface area contributed by atoms with Gasteiger partial charge in [0.05, 0.1) is 6.20 Å². The summed E-state index contributed by atoms with van der Waals surface area (Å²) in [5.41, 5.74) is 3.52. The highest BCUT2D eigenvalue weighted by Gasteiger charge is 2.08. The molecular formula is C14H18ClN3. The van der Waals surface area contributed by atoms with Crippen molar-refractivity contribution in [2.45, 2.75) is 26.9 Å². The molecule has 4 heteroatoms. The largest absolute Gasteiger partial charge is 0.313 e. The summed E-state index contributed by atoms with van der Waals surface area (Å²) in [6.45, 7) is 6.86. The van der Waals surface area contributed by atoms with Crippen LogP contribution in [0.4, 0.5) is 0 Å². The molecule has 0 aliphatic heterocycles. The third kappa shape index (κ3) is 2.92. The van der Waals surface area contributed by atoms with E-state index in [-0.39, 0.29) is 0 Å². The van der Waals surface area contributed by atoms with E-state index in [0.717, 1.165) is 35.8 Å². The van der Waals surface area contributed by atoms with Gasteiger partial charge in [-0.3, -0.25) is 4.68 Å². The first-order valence-electron chi connectivity index (χ1n) is 6.26. The van der Waals surface area contributed by atoms with Crippen LogP contribution in [-0.4, -0.2) is 16.3 Å². The molecule has 2 rings (SSSR count).